The summed E-state index contributed by atoms with van der Waals surface area (Å²) in [5.41, 5.74) is 0. The number of hydrogen-bond donors (Lipinski definition) is 1. The topological polar surface area (TPSA) is 46.0 Å². The van der Waals surface area contributed by atoms with Gasteiger partial charge in [-0.1, -0.05) is 27.7 Å². The minimum absolute atomic E-state index is 0.595. The zero-order chi connectivity index (χ0) is 15.2. The van der Waals surface area contributed by atoms with E-state index in [0.29, 0.717) is 12.0 Å². The standard InChI is InChI=1S/C16H31N5/c1-13(2)10-21-16(18-12-19-21)11-20-7-5-15(6-8-20)9-17-14(3)4/h12-15,17H,5-11H2,1-4H3. The van der Waals surface area contributed by atoms with Crippen molar-refractivity contribution in [3.8, 4) is 0 Å². The van der Waals surface area contributed by atoms with Gasteiger partial charge < -0.3 is 5.32 Å². The highest BCUT2D eigenvalue weighted by atomic mass is 15.3. The largest absolute Gasteiger partial charge is 0.314 e. The van der Waals surface area contributed by atoms with Gasteiger partial charge in [0.25, 0.3) is 0 Å². The molecule has 1 aliphatic heterocycles. The van der Waals surface area contributed by atoms with E-state index in [0.717, 1.165) is 31.4 Å². The van der Waals surface area contributed by atoms with Crippen molar-refractivity contribution in [2.24, 2.45) is 11.8 Å². The van der Waals surface area contributed by atoms with Crippen LogP contribution in [0.5, 0.6) is 0 Å². The van der Waals surface area contributed by atoms with Crippen LogP contribution in [0.3, 0.4) is 0 Å². The van der Waals surface area contributed by atoms with Gasteiger partial charge in [-0.2, -0.15) is 5.10 Å². The molecule has 21 heavy (non-hydrogen) atoms. The number of aromatic nitrogens is 3. The van der Waals surface area contributed by atoms with E-state index in [1.54, 1.807) is 6.33 Å². The molecule has 5 nitrogen and oxygen atoms in total. The van der Waals surface area contributed by atoms with Crippen LogP contribution in [0.1, 0.15) is 46.4 Å². The second kappa shape index (κ2) is 7.90. The maximum Gasteiger partial charge on any atom is 0.141 e. The van der Waals surface area contributed by atoms with E-state index >= 15 is 0 Å². The fourth-order valence-electron chi connectivity index (χ4n) is 2.86. The predicted octanol–water partition coefficient (Wildman–Crippen LogP) is 2.14. The van der Waals surface area contributed by atoms with Crippen LogP contribution in [-0.2, 0) is 13.1 Å². The van der Waals surface area contributed by atoms with Crippen LogP contribution in [0.25, 0.3) is 0 Å². The first-order valence-corrected chi connectivity index (χ1v) is 8.37. The van der Waals surface area contributed by atoms with Gasteiger partial charge in [-0.3, -0.25) is 4.90 Å². The van der Waals surface area contributed by atoms with Gasteiger partial charge in [0, 0.05) is 12.6 Å². The number of piperidine rings is 1. The molecule has 0 amide bonds. The molecule has 0 unspecified atom stereocenters. The van der Waals surface area contributed by atoms with Crippen molar-refractivity contribution in [1.82, 2.24) is 25.0 Å². The molecule has 0 radical (unpaired) electrons. The molecule has 1 aromatic heterocycles. The molecule has 1 aliphatic rings. The quantitative estimate of drug-likeness (QED) is 0.837. The Morgan fingerprint density at radius 2 is 1.95 bits per heavy atom. The number of likely N-dealkylation sites (tertiary alicyclic amines) is 1. The van der Waals surface area contributed by atoms with Crippen molar-refractivity contribution in [1.29, 1.82) is 0 Å². The number of nitrogens with zero attached hydrogens (tertiary/aromatic N) is 4. The minimum atomic E-state index is 0.595. The van der Waals surface area contributed by atoms with Crippen LogP contribution in [0.15, 0.2) is 6.33 Å². The molecule has 2 heterocycles. The molecule has 0 aromatic carbocycles. The van der Waals surface area contributed by atoms with Crippen LogP contribution < -0.4 is 5.32 Å². The molecule has 0 atom stereocenters. The van der Waals surface area contributed by atoms with Gasteiger partial charge in [-0.25, -0.2) is 9.67 Å². The van der Waals surface area contributed by atoms with E-state index in [9.17, 15) is 0 Å². The van der Waals surface area contributed by atoms with E-state index in [1.165, 1.54) is 25.9 Å². The van der Waals surface area contributed by atoms with Gasteiger partial charge in [0.1, 0.15) is 12.2 Å². The van der Waals surface area contributed by atoms with Gasteiger partial charge >= 0.3 is 0 Å². The normalized spacial score (nSPS) is 18.0. The van der Waals surface area contributed by atoms with Crippen molar-refractivity contribution in [3.05, 3.63) is 12.2 Å². The first kappa shape index (κ1) is 16.4. The molecule has 0 aliphatic carbocycles. The summed E-state index contributed by atoms with van der Waals surface area (Å²) in [6.45, 7) is 14.3. The SMILES string of the molecule is CC(C)Cn1ncnc1CN1CCC(CNC(C)C)CC1. The molecule has 1 aromatic rings. The van der Waals surface area contributed by atoms with E-state index in [4.69, 9.17) is 0 Å². The molecule has 1 fully saturated rings. The molecule has 2 rings (SSSR count). The van der Waals surface area contributed by atoms with E-state index in [1.807, 2.05) is 0 Å². The number of rotatable bonds is 7. The van der Waals surface area contributed by atoms with Crippen molar-refractivity contribution < 1.29 is 0 Å². The molecule has 0 saturated carbocycles. The Hall–Kier alpha value is -0.940. The van der Waals surface area contributed by atoms with Crippen LogP contribution in [0.2, 0.25) is 0 Å². The third-order valence-corrected chi connectivity index (χ3v) is 4.12. The number of nitrogens with one attached hydrogen (secondary N) is 1. The zero-order valence-corrected chi connectivity index (χ0v) is 14.0. The average molecular weight is 293 g/mol. The lowest BCUT2D eigenvalue weighted by Crippen LogP contribution is -2.38. The first-order valence-electron chi connectivity index (χ1n) is 8.37. The van der Waals surface area contributed by atoms with Crippen LogP contribution in [0.4, 0.5) is 0 Å². The fraction of sp³-hybridized carbons (Fsp3) is 0.875. The molecule has 1 N–H and O–H groups in total. The van der Waals surface area contributed by atoms with E-state index in [-0.39, 0.29) is 0 Å². The summed E-state index contributed by atoms with van der Waals surface area (Å²) < 4.78 is 2.07. The smallest absolute Gasteiger partial charge is 0.141 e. The summed E-state index contributed by atoms with van der Waals surface area (Å²) in [6.07, 6.45) is 4.27. The maximum atomic E-state index is 4.44. The summed E-state index contributed by atoms with van der Waals surface area (Å²) in [5, 5.41) is 7.92. The third kappa shape index (κ3) is 5.40. The highest BCUT2D eigenvalue weighted by Gasteiger charge is 2.20. The third-order valence-electron chi connectivity index (χ3n) is 4.12. The molecule has 1 saturated heterocycles. The van der Waals surface area contributed by atoms with Gasteiger partial charge in [-0.05, 0) is 44.3 Å². The minimum Gasteiger partial charge on any atom is -0.314 e. The number of hydrogen-bond acceptors (Lipinski definition) is 4. The van der Waals surface area contributed by atoms with E-state index < -0.39 is 0 Å². The van der Waals surface area contributed by atoms with Crippen molar-refractivity contribution in [2.45, 2.75) is 59.7 Å². The Bertz CT molecular complexity index is 405. The highest BCUT2D eigenvalue weighted by Crippen LogP contribution is 2.18. The van der Waals surface area contributed by atoms with Crippen LogP contribution in [0, 0.1) is 11.8 Å². The monoisotopic (exact) mass is 293 g/mol. The Labute approximate surface area is 129 Å². The van der Waals surface area contributed by atoms with Crippen molar-refractivity contribution in [3.63, 3.8) is 0 Å². The van der Waals surface area contributed by atoms with E-state index in [2.05, 4.69) is 52.7 Å². The fourth-order valence-corrected chi connectivity index (χ4v) is 2.86. The summed E-state index contributed by atoms with van der Waals surface area (Å²) >= 11 is 0. The van der Waals surface area contributed by atoms with Crippen molar-refractivity contribution >= 4 is 0 Å². The molecular weight excluding hydrogens is 262 g/mol. The maximum absolute atomic E-state index is 4.44. The van der Waals surface area contributed by atoms with Gasteiger partial charge in [0.2, 0.25) is 0 Å². The Kier molecular flexibility index (Phi) is 6.18. The lowest BCUT2D eigenvalue weighted by atomic mass is 9.96. The van der Waals surface area contributed by atoms with Crippen LogP contribution >= 0.6 is 0 Å². The molecular formula is C16H31N5. The summed E-state index contributed by atoms with van der Waals surface area (Å²) in [6, 6.07) is 0.595. The molecule has 5 heteroatoms. The van der Waals surface area contributed by atoms with Gasteiger partial charge in [-0.15, -0.1) is 0 Å². The second-order valence-electron chi connectivity index (χ2n) is 7.03. The van der Waals surface area contributed by atoms with Crippen LogP contribution in [-0.4, -0.2) is 45.3 Å². The van der Waals surface area contributed by atoms with Gasteiger partial charge in [0.05, 0.1) is 6.54 Å². The summed E-state index contributed by atoms with van der Waals surface area (Å²) in [4.78, 5) is 6.96. The Balaban J connectivity index is 1.77. The first-order chi connectivity index (χ1) is 10.0. The zero-order valence-electron chi connectivity index (χ0n) is 14.0. The molecule has 0 spiro atoms. The summed E-state index contributed by atoms with van der Waals surface area (Å²) in [5.74, 6) is 2.55. The van der Waals surface area contributed by atoms with Gasteiger partial charge in [0.15, 0.2) is 0 Å². The summed E-state index contributed by atoms with van der Waals surface area (Å²) in [7, 11) is 0. The average Bonchev–Trinajstić information content (AvgIpc) is 2.84. The lowest BCUT2D eigenvalue weighted by Gasteiger charge is -2.32. The predicted molar refractivity (Wildman–Crippen MR) is 86.0 cm³/mol. The molecule has 120 valence electrons. The lowest BCUT2D eigenvalue weighted by molar-refractivity contribution is 0.167. The highest BCUT2D eigenvalue weighted by molar-refractivity contribution is 4.87. The Morgan fingerprint density at radius 3 is 2.57 bits per heavy atom. The second-order valence-corrected chi connectivity index (χ2v) is 7.03. The van der Waals surface area contributed by atoms with Crippen molar-refractivity contribution in [2.75, 3.05) is 19.6 Å². The molecule has 0 bridgehead atoms. The Morgan fingerprint density at radius 1 is 1.24 bits per heavy atom.